The summed E-state index contributed by atoms with van der Waals surface area (Å²) in [5.41, 5.74) is 1.12. The van der Waals surface area contributed by atoms with Crippen molar-refractivity contribution in [2.75, 3.05) is 0 Å². The Bertz CT molecular complexity index is 709. The summed E-state index contributed by atoms with van der Waals surface area (Å²) >= 11 is 14.7. The van der Waals surface area contributed by atoms with Gasteiger partial charge in [-0.2, -0.15) is 0 Å². The maximum Gasteiger partial charge on any atom is 0.245 e. The number of allylic oxidation sites excluding steroid dienone is 1. The lowest BCUT2D eigenvalue weighted by Gasteiger charge is -2.11. The van der Waals surface area contributed by atoms with E-state index in [1.54, 1.807) is 30.3 Å². The molecule has 0 fully saturated rings. The average Bonchev–Trinajstić information content (AvgIpc) is 2.46. The summed E-state index contributed by atoms with van der Waals surface area (Å²) in [6.07, 6.45) is 2.76. The summed E-state index contributed by atoms with van der Waals surface area (Å²) in [4.78, 5) is 10.7. The quantitative estimate of drug-likeness (QED) is 0.479. The van der Waals surface area contributed by atoms with Crippen molar-refractivity contribution in [3.05, 3.63) is 68.9 Å². The van der Waals surface area contributed by atoms with Gasteiger partial charge in [-0.1, -0.05) is 35.9 Å². The van der Waals surface area contributed by atoms with Gasteiger partial charge in [0, 0.05) is 5.56 Å². The van der Waals surface area contributed by atoms with Crippen LogP contribution in [0.2, 0.25) is 5.02 Å². The number of carbonyl (C=O) groups excluding carboxylic acids is 1. The van der Waals surface area contributed by atoms with Gasteiger partial charge in [0.25, 0.3) is 0 Å². The molecule has 0 heterocycles. The van der Waals surface area contributed by atoms with Crippen molar-refractivity contribution >= 4 is 50.5 Å². The largest absolute Gasteiger partial charge is 0.486 e. The monoisotopic (exact) mass is 402 g/mol. The van der Waals surface area contributed by atoms with E-state index in [9.17, 15) is 9.18 Å². The standard InChI is InChI=1S/C16H10BrCl2FO2/c17-12-7-10(5-6-15(19)21)8-13(18)16(12)22-9-11-3-1-2-4-14(11)20/h1-8H,9H2/b6-5+. The SMILES string of the molecule is O=C(Cl)/C=C/c1cc(Cl)c(OCc2ccccc2F)c(Br)c1. The Morgan fingerprint density at radius 3 is 2.68 bits per heavy atom. The third kappa shape index (κ3) is 4.57. The second-order valence-corrected chi connectivity index (χ2v) is 5.97. The van der Waals surface area contributed by atoms with Gasteiger partial charge < -0.3 is 4.74 Å². The van der Waals surface area contributed by atoms with Crippen LogP contribution in [0.4, 0.5) is 4.39 Å². The molecule has 0 aliphatic rings. The van der Waals surface area contributed by atoms with Gasteiger partial charge in [-0.25, -0.2) is 4.39 Å². The van der Waals surface area contributed by atoms with Crippen LogP contribution >= 0.6 is 39.1 Å². The van der Waals surface area contributed by atoms with E-state index in [-0.39, 0.29) is 12.4 Å². The number of halogens is 4. The molecule has 22 heavy (non-hydrogen) atoms. The van der Waals surface area contributed by atoms with Crippen molar-refractivity contribution in [1.29, 1.82) is 0 Å². The van der Waals surface area contributed by atoms with Crippen LogP contribution in [0.1, 0.15) is 11.1 Å². The van der Waals surface area contributed by atoms with Crippen molar-refractivity contribution in [3.8, 4) is 5.75 Å². The number of ether oxygens (including phenoxy) is 1. The maximum absolute atomic E-state index is 13.6. The van der Waals surface area contributed by atoms with Crippen molar-refractivity contribution in [3.63, 3.8) is 0 Å². The van der Waals surface area contributed by atoms with Crippen LogP contribution in [0.25, 0.3) is 6.08 Å². The van der Waals surface area contributed by atoms with Gasteiger partial charge >= 0.3 is 0 Å². The molecule has 0 spiro atoms. The molecule has 0 amide bonds. The third-order valence-electron chi connectivity index (χ3n) is 2.76. The molecule has 114 valence electrons. The normalized spacial score (nSPS) is 10.9. The van der Waals surface area contributed by atoms with E-state index in [0.717, 1.165) is 0 Å². The molecular weight excluding hydrogens is 394 g/mol. The molecule has 0 aromatic heterocycles. The number of hydrogen-bond donors (Lipinski definition) is 0. The molecule has 6 heteroatoms. The van der Waals surface area contributed by atoms with Crippen LogP contribution in [0, 0.1) is 5.82 Å². The Morgan fingerprint density at radius 1 is 1.32 bits per heavy atom. The fraction of sp³-hybridized carbons (Fsp3) is 0.0625. The summed E-state index contributed by atoms with van der Waals surface area (Å²) in [5.74, 6) is 0.0641. The smallest absolute Gasteiger partial charge is 0.245 e. The Morgan fingerprint density at radius 2 is 2.05 bits per heavy atom. The Hall–Kier alpha value is -1.36. The third-order valence-corrected chi connectivity index (χ3v) is 3.75. The summed E-state index contributed by atoms with van der Waals surface area (Å²) in [6, 6.07) is 9.70. The van der Waals surface area contributed by atoms with Crippen LogP contribution in [-0.4, -0.2) is 5.24 Å². The number of hydrogen-bond acceptors (Lipinski definition) is 2. The van der Waals surface area contributed by atoms with E-state index in [1.165, 1.54) is 18.2 Å². The van der Waals surface area contributed by atoms with Crippen LogP contribution in [0.15, 0.2) is 46.9 Å². The first-order chi connectivity index (χ1) is 10.5. The molecule has 2 aromatic carbocycles. The Balaban J connectivity index is 2.18. The predicted octanol–water partition coefficient (Wildman–Crippen LogP) is 5.60. The summed E-state index contributed by atoms with van der Waals surface area (Å²) in [6.45, 7) is 0.0559. The van der Waals surface area contributed by atoms with E-state index >= 15 is 0 Å². The molecule has 0 saturated carbocycles. The lowest BCUT2D eigenvalue weighted by molar-refractivity contribution is -0.107. The zero-order valence-electron chi connectivity index (χ0n) is 11.2. The first-order valence-electron chi connectivity index (χ1n) is 6.20. The molecule has 0 unspecified atom stereocenters. The maximum atomic E-state index is 13.6. The van der Waals surface area contributed by atoms with Crippen LogP contribution in [-0.2, 0) is 11.4 Å². The average molecular weight is 404 g/mol. The zero-order valence-corrected chi connectivity index (χ0v) is 14.3. The van der Waals surface area contributed by atoms with Gasteiger partial charge in [0.15, 0.2) is 5.75 Å². The minimum atomic E-state index is -0.577. The molecule has 0 aliphatic heterocycles. The van der Waals surface area contributed by atoms with Crippen LogP contribution in [0.5, 0.6) is 5.75 Å². The minimum Gasteiger partial charge on any atom is -0.486 e. The van der Waals surface area contributed by atoms with Gasteiger partial charge in [-0.3, -0.25) is 4.79 Å². The molecule has 0 radical (unpaired) electrons. The van der Waals surface area contributed by atoms with Crippen LogP contribution in [0.3, 0.4) is 0 Å². The lowest BCUT2D eigenvalue weighted by Crippen LogP contribution is -1.99. The second kappa shape index (κ2) is 7.77. The van der Waals surface area contributed by atoms with Crippen molar-refractivity contribution in [2.24, 2.45) is 0 Å². The Kier molecular flexibility index (Phi) is 6.00. The fourth-order valence-electron chi connectivity index (χ4n) is 1.74. The summed E-state index contributed by atoms with van der Waals surface area (Å²) in [5, 5.41) is -0.237. The molecule has 2 aromatic rings. The van der Waals surface area contributed by atoms with E-state index in [1.807, 2.05) is 0 Å². The molecule has 0 aliphatic carbocycles. The predicted molar refractivity (Wildman–Crippen MR) is 89.8 cm³/mol. The van der Waals surface area contributed by atoms with Gasteiger partial charge in [-0.05, 0) is 57.4 Å². The summed E-state index contributed by atoms with van der Waals surface area (Å²) in [7, 11) is 0. The minimum absolute atomic E-state index is 0.0559. The second-order valence-electron chi connectivity index (χ2n) is 4.33. The number of carbonyl (C=O) groups is 1. The number of rotatable bonds is 5. The molecule has 0 atom stereocenters. The number of benzene rings is 2. The topological polar surface area (TPSA) is 26.3 Å². The molecule has 2 rings (SSSR count). The first-order valence-corrected chi connectivity index (χ1v) is 7.75. The molecule has 2 nitrogen and oxygen atoms in total. The van der Waals surface area contributed by atoms with Gasteiger partial charge in [0.05, 0.1) is 9.50 Å². The van der Waals surface area contributed by atoms with Gasteiger partial charge in [-0.15, -0.1) is 0 Å². The van der Waals surface area contributed by atoms with Gasteiger partial charge in [0.2, 0.25) is 5.24 Å². The molecule has 0 bridgehead atoms. The highest BCUT2D eigenvalue weighted by Crippen LogP contribution is 2.35. The summed E-state index contributed by atoms with van der Waals surface area (Å²) < 4.78 is 19.7. The van der Waals surface area contributed by atoms with E-state index < -0.39 is 5.24 Å². The molecule has 0 N–H and O–H groups in total. The van der Waals surface area contributed by atoms with Crippen LogP contribution < -0.4 is 4.74 Å². The van der Waals surface area contributed by atoms with Crippen molar-refractivity contribution in [1.82, 2.24) is 0 Å². The van der Waals surface area contributed by atoms with Crippen molar-refractivity contribution in [2.45, 2.75) is 6.61 Å². The van der Waals surface area contributed by atoms with Gasteiger partial charge in [0.1, 0.15) is 12.4 Å². The Labute approximate surface area is 145 Å². The fourth-order valence-corrected chi connectivity index (χ4v) is 2.79. The zero-order chi connectivity index (χ0) is 16.1. The first kappa shape index (κ1) is 17.0. The highest BCUT2D eigenvalue weighted by molar-refractivity contribution is 9.10. The van der Waals surface area contributed by atoms with E-state index in [4.69, 9.17) is 27.9 Å². The lowest BCUT2D eigenvalue weighted by atomic mass is 10.2. The highest BCUT2D eigenvalue weighted by atomic mass is 79.9. The van der Waals surface area contributed by atoms with E-state index in [0.29, 0.717) is 26.4 Å². The molecular formula is C16H10BrCl2FO2. The van der Waals surface area contributed by atoms with Crippen molar-refractivity contribution < 1.29 is 13.9 Å². The van der Waals surface area contributed by atoms with E-state index in [2.05, 4.69) is 15.9 Å². The highest BCUT2D eigenvalue weighted by Gasteiger charge is 2.10. The molecule has 0 saturated heterocycles.